The van der Waals surface area contributed by atoms with Crippen molar-refractivity contribution in [1.29, 1.82) is 0 Å². The Morgan fingerprint density at radius 1 is 0.846 bits per heavy atom. The van der Waals surface area contributed by atoms with Crippen LogP contribution in [-0.2, 0) is 28.5 Å². The molecule has 0 aromatic rings. The number of rotatable bonds is 9. The van der Waals surface area contributed by atoms with Crippen molar-refractivity contribution < 1.29 is 69.3 Å². The lowest BCUT2D eigenvalue weighted by atomic mass is 9.80. The van der Waals surface area contributed by atoms with E-state index >= 15 is 0 Å². The van der Waals surface area contributed by atoms with Gasteiger partial charge >= 0.3 is 0 Å². The van der Waals surface area contributed by atoms with E-state index in [9.17, 15) is 45.6 Å². The molecule has 15 atom stereocenters. The molecule has 3 saturated heterocycles. The number of aliphatic hydroxyl groups is 8. The molecule has 0 saturated carbocycles. The number of hydrogen-bond donors (Lipinski definition) is 11. The standard InChI is InChI=1S/C20H35Cl2N3O14/c21-1-7(29)20(34)15(32)10(25)18(39-19(20,22)4-28)38-14-6(3-27)36-17(9(24)12(14)31)37-13-5(2-26)35-16(33)8(23)11(13)30/h5-6,8-18,26-28,30-34H,1-4,23-25H2/t5-,6-,8-,9-,10-,11-,12-,13?,14?,15-,16-,17+,18+,19+,20-/m1/s1. The van der Waals surface area contributed by atoms with Gasteiger partial charge in [-0.25, -0.2) is 0 Å². The van der Waals surface area contributed by atoms with Gasteiger partial charge in [0.25, 0.3) is 0 Å². The summed E-state index contributed by atoms with van der Waals surface area (Å²) in [5.41, 5.74) is 14.8. The fourth-order valence-corrected chi connectivity index (χ4v) is 5.22. The smallest absolute Gasteiger partial charge is 0.205 e. The SMILES string of the molecule is N[C@H]1[C@@H](OC2[C@@H](CO)O[C@@H](OC3[C@@H](CO)O[C@@H](O)[C@H](N)[C@H]3O)[C@H](N)[C@H]2O)O[C@@](Cl)(CO)[C@@](O)(C(=O)CCl)[C@@H]1O. The molecule has 14 N–H and O–H groups in total. The Morgan fingerprint density at radius 3 is 1.87 bits per heavy atom. The molecule has 0 bridgehead atoms. The molecule has 3 fully saturated rings. The Kier molecular flexibility index (Phi) is 10.9. The van der Waals surface area contributed by atoms with Crippen LogP contribution in [0.2, 0.25) is 0 Å². The summed E-state index contributed by atoms with van der Waals surface area (Å²) in [5, 5.41) is 79.3. The van der Waals surface area contributed by atoms with Gasteiger partial charge < -0.3 is 81.7 Å². The molecule has 3 heterocycles. The van der Waals surface area contributed by atoms with E-state index in [1.54, 1.807) is 0 Å². The normalized spacial score (nSPS) is 51.1. The number of carbonyl (C=O) groups is 1. The average molecular weight is 612 g/mol. The van der Waals surface area contributed by atoms with Gasteiger partial charge in [0.15, 0.2) is 30.3 Å². The lowest BCUT2D eigenvalue weighted by molar-refractivity contribution is -0.358. The minimum atomic E-state index is -2.95. The summed E-state index contributed by atoms with van der Waals surface area (Å²) in [6, 6.07) is -4.48. The van der Waals surface area contributed by atoms with Crippen LogP contribution < -0.4 is 17.2 Å². The second-order valence-corrected chi connectivity index (χ2v) is 10.4. The summed E-state index contributed by atoms with van der Waals surface area (Å²) in [4.78, 5) is 12.3. The highest BCUT2D eigenvalue weighted by molar-refractivity contribution is 6.32. The fraction of sp³-hybridized carbons (Fsp3) is 0.950. The Hall–Kier alpha value is -0.390. The van der Waals surface area contributed by atoms with Crippen LogP contribution in [0.4, 0.5) is 0 Å². The number of alkyl halides is 2. The van der Waals surface area contributed by atoms with Crippen molar-refractivity contribution in [2.75, 3.05) is 25.7 Å². The Balaban J connectivity index is 1.79. The third-order valence-electron chi connectivity index (χ3n) is 7.13. The van der Waals surface area contributed by atoms with Gasteiger partial charge in [-0.3, -0.25) is 4.79 Å². The van der Waals surface area contributed by atoms with Crippen molar-refractivity contribution in [3.63, 3.8) is 0 Å². The van der Waals surface area contributed by atoms with E-state index in [4.69, 9.17) is 64.1 Å². The predicted octanol–water partition coefficient (Wildman–Crippen LogP) is -6.93. The van der Waals surface area contributed by atoms with Gasteiger partial charge in [0.2, 0.25) is 5.06 Å². The molecular weight excluding hydrogens is 577 g/mol. The summed E-state index contributed by atoms with van der Waals surface area (Å²) in [7, 11) is 0. The Bertz CT molecular complexity index is 849. The van der Waals surface area contributed by atoms with Gasteiger partial charge in [0.1, 0.15) is 42.7 Å². The number of aliphatic hydroxyl groups excluding tert-OH is 7. The van der Waals surface area contributed by atoms with Gasteiger partial charge in [-0.05, 0) is 0 Å². The van der Waals surface area contributed by atoms with E-state index in [0.29, 0.717) is 0 Å². The van der Waals surface area contributed by atoms with E-state index in [2.05, 4.69) is 0 Å². The largest absolute Gasteiger partial charge is 0.394 e. The number of carbonyl (C=O) groups excluding carboxylic acids is 1. The highest BCUT2D eigenvalue weighted by Crippen LogP contribution is 2.43. The topological polar surface area (TPSA) is 303 Å². The molecule has 0 spiro atoms. The van der Waals surface area contributed by atoms with Crippen LogP contribution in [0.1, 0.15) is 0 Å². The van der Waals surface area contributed by atoms with Crippen LogP contribution in [0.3, 0.4) is 0 Å². The third kappa shape index (κ3) is 5.81. The first-order valence-electron chi connectivity index (χ1n) is 11.8. The minimum absolute atomic E-state index is 0.700. The molecule has 17 nitrogen and oxygen atoms in total. The van der Waals surface area contributed by atoms with Crippen LogP contribution in [0.25, 0.3) is 0 Å². The molecule has 0 radical (unpaired) electrons. The van der Waals surface area contributed by atoms with Crippen LogP contribution in [-0.4, -0.2) is 163 Å². The molecule has 0 aromatic carbocycles. The van der Waals surface area contributed by atoms with Crippen molar-refractivity contribution in [2.24, 2.45) is 17.2 Å². The average Bonchev–Trinajstić information content (AvgIpc) is 2.93. The summed E-state index contributed by atoms with van der Waals surface area (Å²) < 4.78 is 27.4. The molecule has 19 heteroatoms. The first kappa shape index (κ1) is 33.1. The highest BCUT2D eigenvalue weighted by atomic mass is 35.5. The van der Waals surface area contributed by atoms with Crippen molar-refractivity contribution in [3.05, 3.63) is 0 Å². The third-order valence-corrected chi connectivity index (χ3v) is 7.87. The molecule has 3 rings (SSSR count). The number of nitrogens with two attached hydrogens (primary N) is 3. The summed E-state index contributed by atoms with van der Waals surface area (Å²) >= 11 is 11.7. The molecule has 228 valence electrons. The molecule has 3 aliphatic heterocycles. The number of halogens is 2. The van der Waals surface area contributed by atoms with Crippen molar-refractivity contribution in [3.8, 4) is 0 Å². The number of ketones is 1. The maximum Gasteiger partial charge on any atom is 0.205 e. The summed E-state index contributed by atoms with van der Waals surface area (Å²) in [6.45, 7) is -2.73. The molecule has 0 aliphatic carbocycles. The maximum atomic E-state index is 12.3. The quantitative estimate of drug-likeness (QED) is 0.108. The van der Waals surface area contributed by atoms with Gasteiger partial charge in [0, 0.05) is 0 Å². The molecule has 39 heavy (non-hydrogen) atoms. The van der Waals surface area contributed by atoms with Crippen molar-refractivity contribution in [1.82, 2.24) is 0 Å². The maximum absolute atomic E-state index is 12.3. The lowest BCUT2D eigenvalue weighted by Crippen LogP contribution is -2.77. The van der Waals surface area contributed by atoms with E-state index < -0.39 is 122 Å². The van der Waals surface area contributed by atoms with Crippen LogP contribution in [0, 0.1) is 0 Å². The molecular formula is C20H35Cl2N3O14. The molecule has 3 aliphatic rings. The van der Waals surface area contributed by atoms with Crippen LogP contribution >= 0.6 is 23.2 Å². The first-order chi connectivity index (χ1) is 18.2. The molecule has 0 amide bonds. The summed E-state index contributed by atoms with van der Waals surface area (Å²) in [6.07, 6.45) is -16.0. The predicted molar refractivity (Wildman–Crippen MR) is 127 cm³/mol. The number of hydrogen-bond acceptors (Lipinski definition) is 17. The number of ether oxygens (including phenoxy) is 5. The second-order valence-electron chi connectivity index (χ2n) is 9.53. The first-order valence-corrected chi connectivity index (χ1v) is 12.7. The zero-order valence-corrected chi connectivity index (χ0v) is 21.9. The summed E-state index contributed by atoms with van der Waals surface area (Å²) in [5.74, 6) is -2.02. The monoisotopic (exact) mass is 611 g/mol. The molecule has 2 unspecified atom stereocenters. The lowest BCUT2D eigenvalue weighted by Gasteiger charge is -2.53. The van der Waals surface area contributed by atoms with E-state index in [1.807, 2.05) is 0 Å². The Labute approximate surface area is 231 Å². The highest BCUT2D eigenvalue weighted by Gasteiger charge is 2.67. The Morgan fingerprint density at radius 2 is 1.36 bits per heavy atom. The molecule has 0 aromatic heterocycles. The second kappa shape index (κ2) is 12.9. The van der Waals surface area contributed by atoms with Gasteiger partial charge in [-0.1, -0.05) is 11.6 Å². The van der Waals surface area contributed by atoms with Crippen LogP contribution in [0.15, 0.2) is 0 Å². The number of Topliss-reactive ketones (excluding diaryl/α,β-unsaturated/α-hetero) is 1. The van der Waals surface area contributed by atoms with E-state index in [-0.39, 0.29) is 0 Å². The van der Waals surface area contributed by atoms with Gasteiger partial charge in [-0.15, -0.1) is 11.6 Å². The van der Waals surface area contributed by atoms with Crippen molar-refractivity contribution in [2.45, 2.75) is 90.4 Å². The van der Waals surface area contributed by atoms with Crippen LogP contribution in [0.5, 0.6) is 0 Å². The zero-order valence-electron chi connectivity index (χ0n) is 20.3. The fourth-order valence-electron chi connectivity index (χ4n) is 4.71. The van der Waals surface area contributed by atoms with Crippen molar-refractivity contribution >= 4 is 29.0 Å². The minimum Gasteiger partial charge on any atom is -0.394 e. The van der Waals surface area contributed by atoms with Gasteiger partial charge in [0.05, 0.1) is 43.8 Å². The van der Waals surface area contributed by atoms with E-state index in [0.717, 1.165) is 0 Å². The zero-order chi connectivity index (χ0) is 29.4. The van der Waals surface area contributed by atoms with E-state index in [1.165, 1.54) is 0 Å². The van der Waals surface area contributed by atoms with Gasteiger partial charge in [-0.2, -0.15) is 0 Å².